The zero-order chi connectivity index (χ0) is 10.1. The molecule has 1 aliphatic rings. The quantitative estimate of drug-likeness (QED) is 0.658. The molecule has 0 aliphatic carbocycles. The van der Waals surface area contributed by atoms with Crippen molar-refractivity contribution in [2.45, 2.75) is 19.6 Å². The van der Waals surface area contributed by atoms with E-state index in [2.05, 4.69) is 0 Å². The number of ether oxygens (including phenoxy) is 1. The van der Waals surface area contributed by atoms with Crippen molar-refractivity contribution < 1.29 is 14.8 Å². The van der Waals surface area contributed by atoms with Gasteiger partial charge < -0.3 is 9.30 Å². The molecule has 1 aromatic heterocycles. The number of methoxy groups -OCH3 is 1. The monoisotopic (exact) mass is 195 g/mol. The predicted octanol–water partition coefficient (Wildman–Crippen LogP) is -0.471. The molecule has 0 saturated heterocycles. The lowest BCUT2D eigenvalue weighted by atomic mass is 10.3. The average Bonchev–Trinajstić information content (AvgIpc) is 2.46. The summed E-state index contributed by atoms with van der Waals surface area (Å²) in [5.41, 5.74) is 1.90. The van der Waals surface area contributed by atoms with Gasteiger partial charge >= 0.3 is 5.91 Å². The van der Waals surface area contributed by atoms with E-state index >= 15 is 0 Å². The van der Waals surface area contributed by atoms with E-state index in [1.54, 1.807) is 12.4 Å². The van der Waals surface area contributed by atoms with Crippen LogP contribution < -0.4 is 5.32 Å². The fourth-order valence-electron chi connectivity index (χ4n) is 1.82. The van der Waals surface area contributed by atoms with Crippen LogP contribution in [0.15, 0.2) is 12.3 Å². The van der Waals surface area contributed by atoms with Crippen LogP contribution in [0, 0.1) is 6.92 Å². The van der Waals surface area contributed by atoms with Crippen LogP contribution in [0.2, 0.25) is 0 Å². The molecule has 4 nitrogen and oxygen atoms in total. The standard InChI is InChI=1S/C10H14N2O2/c1-7-3-9-10(13)11-4-8(14-2)6-12(9)5-7/h3,5,8H,4,6H2,1-2H3,(H,11,13)/p+1. The van der Waals surface area contributed by atoms with Gasteiger partial charge in [0.2, 0.25) is 0 Å². The van der Waals surface area contributed by atoms with E-state index in [1.165, 1.54) is 0 Å². The van der Waals surface area contributed by atoms with Crippen molar-refractivity contribution in [3.63, 3.8) is 0 Å². The van der Waals surface area contributed by atoms with Gasteiger partial charge in [-0.3, -0.25) is 5.32 Å². The van der Waals surface area contributed by atoms with Gasteiger partial charge in [-0.2, -0.15) is 0 Å². The van der Waals surface area contributed by atoms with Gasteiger partial charge in [-0.25, -0.2) is 4.79 Å². The van der Waals surface area contributed by atoms with Gasteiger partial charge in [-0.05, 0) is 18.6 Å². The van der Waals surface area contributed by atoms with Gasteiger partial charge in [0.1, 0.15) is 18.3 Å². The molecule has 4 heteroatoms. The van der Waals surface area contributed by atoms with E-state index in [-0.39, 0.29) is 12.0 Å². The Balaban J connectivity index is 2.34. The van der Waals surface area contributed by atoms with Crippen molar-refractivity contribution in [3.05, 3.63) is 23.5 Å². The minimum Gasteiger partial charge on any atom is -0.374 e. The molecule has 0 spiro atoms. The SMILES string of the molecule is COC1C[NH2+]C(=O)c2cc(C)cn2C1. The summed E-state index contributed by atoms with van der Waals surface area (Å²) >= 11 is 0. The van der Waals surface area contributed by atoms with E-state index in [1.807, 2.05) is 23.8 Å². The Labute approximate surface area is 82.9 Å². The van der Waals surface area contributed by atoms with Crippen molar-refractivity contribution in [1.82, 2.24) is 4.57 Å². The first kappa shape index (κ1) is 9.43. The Morgan fingerprint density at radius 3 is 3.14 bits per heavy atom. The molecule has 1 aliphatic heterocycles. The second kappa shape index (κ2) is 3.55. The third-order valence-corrected chi connectivity index (χ3v) is 2.59. The van der Waals surface area contributed by atoms with Crippen molar-refractivity contribution >= 4 is 5.91 Å². The minimum absolute atomic E-state index is 0.109. The molecule has 2 N–H and O–H groups in total. The first-order valence-electron chi connectivity index (χ1n) is 4.78. The molecule has 2 heterocycles. The number of primary amides is 1. The number of hydrogen-bond donors (Lipinski definition) is 1. The smallest absolute Gasteiger partial charge is 0.359 e. The maximum atomic E-state index is 11.6. The normalized spacial score (nSPS) is 21.9. The first-order valence-corrected chi connectivity index (χ1v) is 4.78. The lowest BCUT2D eigenvalue weighted by Gasteiger charge is -2.10. The Hall–Kier alpha value is -1.13. The number of carbonyl (C=O) groups is 1. The zero-order valence-electron chi connectivity index (χ0n) is 8.49. The van der Waals surface area contributed by atoms with Crippen LogP contribution in [0.25, 0.3) is 0 Å². The zero-order valence-corrected chi connectivity index (χ0v) is 8.49. The molecule has 0 fully saturated rings. The number of amides is 1. The van der Waals surface area contributed by atoms with Crippen LogP contribution in [0.4, 0.5) is 0 Å². The fourth-order valence-corrected chi connectivity index (χ4v) is 1.82. The second-order valence-electron chi connectivity index (χ2n) is 3.72. The van der Waals surface area contributed by atoms with Crippen LogP contribution in [-0.4, -0.2) is 30.2 Å². The molecular formula is C10H15N2O2+. The van der Waals surface area contributed by atoms with E-state index in [4.69, 9.17) is 4.74 Å². The molecule has 14 heavy (non-hydrogen) atoms. The summed E-state index contributed by atoms with van der Waals surface area (Å²) in [5.74, 6) is 0.109. The lowest BCUT2D eigenvalue weighted by Crippen LogP contribution is -2.89. The summed E-state index contributed by atoms with van der Waals surface area (Å²) in [6.07, 6.45) is 2.12. The summed E-state index contributed by atoms with van der Waals surface area (Å²) in [7, 11) is 1.68. The van der Waals surface area contributed by atoms with Gasteiger partial charge in [0.05, 0.1) is 6.54 Å². The Morgan fingerprint density at radius 2 is 2.43 bits per heavy atom. The maximum Gasteiger partial charge on any atom is 0.359 e. The van der Waals surface area contributed by atoms with E-state index in [9.17, 15) is 4.79 Å². The highest BCUT2D eigenvalue weighted by Gasteiger charge is 2.24. The summed E-state index contributed by atoms with van der Waals surface area (Å²) in [4.78, 5) is 11.6. The summed E-state index contributed by atoms with van der Waals surface area (Å²) in [6.45, 7) is 3.47. The van der Waals surface area contributed by atoms with Gasteiger partial charge in [0.25, 0.3) is 0 Å². The molecule has 2 rings (SSSR count). The largest absolute Gasteiger partial charge is 0.374 e. The highest BCUT2D eigenvalue weighted by Crippen LogP contribution is 2.10. The van der Waals surface area contributed by atoms with Crippen LogP contribution in [0.5, 0.6) is 0 Å². The van der Waals surface area contributed by atoms with E-state index in [0.717, 1.165) is 17.8 Å². The molecule has 0 saturated carbocycles. The number of aromatic nitrogens is 1. The molecular weight excluding hydrogens is 180 g/mol. The van der Waals surface area contributed by atoms with Gasteiger partial charge in [-0.1, -0.05) is 0 Å². The second-order valence-corrected chi connectivity index (χ2v) is 3.72. The van der Waals surface area contributed by atoms with Gasteiger partial charge in [0, 0.05) is 13.3 Å². The fraction of sp³-hybridized carbons (Fsp3) is 0.500. The van der Waals surface area contributed by atoms with Crippen molar-refractivity contribution in [1.29, 1.82) is 0 Å². The molecule has 1 unspecified atom stereocenters. The molecule has 0 radical (unpaired) electrons. The number of nitrogens with two attached hydrogens (primary N) is 1. The highest BCUT2D eigenvalue weighted by atomic mass is 16.5. The summed E-state index contributed by atoms with van der Waals surface area (Å²) < 4.78 is 7.26. The van der Waals surface area contributed by atoms with Crippen LogP contribution in [0.1, 0.15) is 16.1 Å². The molecule has 1 atom stereocenters. The number of fused-ring (bicyclic) bond motifs is 1. The van der Waals surface area contributed by atoms with E-state index in [0.29, 0.717) is 6.54 Å². The van der Waals surface area contributed by atoms with Crippen LogP contribution in [-0.2, 0) is 11.3 Å². The highest BCUT2D eigenvalue weighted by molar-refractivity contribution is 5.85. The molecule has 1 aromatic rings. The topological polar surface area (TPSA) is 47.8 Å². The minimum atomic E-state index is 0.109. The van der Waals surface area contributed by atoms with E-state index < -0.39 is 0 Å². The molecule has 1 amide bonds. The first-order chi connectivity index (χ1) is 6.70. The Morgan fingerprint density at radius 1 is 1.64 bits per heavy atom. The van der Waals surface area contributed by atoms with Crippen LogP contribution in [0.3, 0.4) is 0 Å². The molecule has 0 aromatic carbocycles. The number of aryl methyl sites for hydroxylation is 1. The maximum absolute atomic E-state index is 11.6. The van der Waals surface area contributed by atoms with Gasteiger partial charge in [-0.15, -0.1) is 0 Å². The van der Waals surface area contributed by atoms with Crippen molar-refractivity contribution in [2.24, 2.45) is 0 Å². The van der Waals surface area contributed by atoms with Crippen LogP contribution >= 0.6 is 0 Å². The number of rotatable bonds is 1. The lowest BCUT2D eigenvalue weighted by molar-refractivity contribution is -0.562. The summed E-state index contributed by atoms with van der Waals surface area (Å²) in [6, 6.07) is 1.93. The predicted molar refractivity (Wildman–Crippen MR) is 51.1 cm³/mol. The molecule has 76 valence electrons. The van der Waals surface area contributed by atoms with Gasteiger partial charge in [0.15, 0.2) is 0 Å². The summed E-state index contributed by atoms with van der Waals surface area (Å²) in [5, 5.41) is 1.71. The third-order valence-electron chi connectivity index (χ3n) is 2.59. The number of nitrogens with zero attached hydrogens (tertiary/aromatic N) is 1. The Kier molecular flexibility index (Phi) is 2.39. The van der Waals surface area contributed by atoms with Crippen molar-refractivity contribution in [3.8, 4) is 0 Å². The average molecular weight is 195 g/mol. The van der Waals surface area contributed by atoms with Crippen molar-refractivity contribution in [2.75, 3.05) is 13.7 Å². The number of quaternary nitrogens is 1. The Bertz CT molecular complexity index is 357. The third kappa shape index (κ3) is 1.58. The number of hydrogen-bond acceptors (Lipinski definition) is 2. The number of carbonyl (C=O) groups excluding carboxylic acids is 1. The molecule has 0 bridgehead atoms.